The average molecular weight is 333 g/mol. The molecule has 4 heteroatoms. The van der Waals surface area contributed by atoms with Crippen LogP contribution in [0, 0.1) is 0 Å². The molecule has 0 aliphatic carbocycles. The van der Waals surface area contributed by atoms with Crippen molar-refractivity contribution in [1.82, 2.24) is 0 Å². The van der Waals surface area contributed by atoms with Gasteiger partial charge in [0.2, 0.25) is 0 Å². The van der Waals surface area contributed by atoms with Crippen LogP contribution in [0.25, 0.3) is 0 Å². The standard InChI is InChI=1S/C15H25BrO3/c1-13(2)10(17-13)5-7-14(3)11(18-14)6-8-15(4)12(9-16)19-15/h10-12H,5-9H2,1-4H3/t10-,11-,12+,14-,15+/m1/s1. The number of rotatable bonds is 7. The van der Waals surface area contributed by atoms with Gasteiger partial charge in [-0.15, -0.1) is 0 Å². The van der Waals surface area contributed by atoms with E-state index in [-0.39, 0.29) is 16.8 Å². The summed E-state index contributed by atoms with van der Waals surface area (Å²) in [7, 11) is 0. The largest absolute Gasteiger partial charge is 0.367 e. The predicted octanol–water partition coefficient (Wildman–Crippen LogP) is 3.43. The quantitative estimate of drug-likeness (QED) is 0.529. The molecular formula is C15H25BrO3. The Labute approximate surface area is 124 Å². The SMILES string of the molecule is CC1(C)O[C@@H]1CC[C@@]1(C)O[C@@H]1CC[C@]1(C)O[C@H]1CBr. The monoisotopic (exact) mass is 332 g/mol. The lowest BCUT2D eigenvalue weighted by Gasteiger charge is -2.07. The normalized spacial score (nSPS) is 50.1. The van der Waals surface area contributed by atoms with Crippen LogP contribution in [-0.2, 0) is 14.2 Å². The maximum absolute atomic E-state index is 5.92. The van der Waals surface area contributed by atoms with Gasteiger partial charge in [0.25, 0.3) is 0 Å². The van der Waals surface area contributed by atoms with Crippen molar-refractivity contribution < 1.29 is 14.2 Å². The highest BCUT2D eigenvalue weighted by molar-refractivity contribution is 9.09. The second-order valence-electron chi connectivity index (χ2n) is 7.28. The molecule has 0 N–H and O–H groups in total. The van der Waals surface area contributed by atoms with E-state index >= 15 is 0 Å². The fraction of sp³-hybridized carbons (Fsp3) is 1.00. The highest BCUT2D eigenvalue weighted by Crippen LogP contribution is 2.49. The Balaban J connectivity index is 1.36. The number of hydrogen-bond donors (Lipinski definition) is 0. The van der Waals surface area contributed by atoms with E-state index in [2.05, 4.69) is 43.6 Å². The van der Waals surface area contributed by atoms with E-state index in [4.69, 9.17) is 14.2 Å². The lowest BCUT2D eigenvalue weighted by molar-refractivity contribution is 0.265. The third-order valence-electron chi connectivity index (χ3n) is 5.18. The molecule has 3 aliphatic rings. The molecule has 3 aliphatic heterocycles. The summed E-state index contributed by atoms with van der Waals surface area (Å²) in [4.78, 5) is 0. The number of epoxide rings is 3. The number of alkyl halides is 1. The Morgan fingerprint density at radius 2 is 1.26 bits per heavy atom. The van der Waals surface area contributed by atoms with Crippen LogP contribution in [0.5, 0.6) is 0 Å². The topological polar surface area (TPSA) is 37.6 Å². The molecule has 3 rings (SSSR count). The Bertz CT molecular complexity index is 372. The molecule has 5 atom stereocenters. The summed E-state index contributed by atoms with van der Waals surface area (Å²) in [6, 6.07) is 0. The van der Waals surface area contributed by atoms with Gasteiger partial charge in [-0.05, 0) is 53.4 Å². The van der Waals surface area contributed by atoms with Gasteiger partial charge in [-0.3, -0.25) is 0 Å². The molecule has 3 saturated heterocycles. The fourth-order valence-electron chi connectivity index (χ4n) is 3.16. The van der Waals surface area contributed by atoms with Crippen molar-refractivity contribution >= 4 is 15.9 Å². The summed E-state index contributed by atoms with van der Waals surface area (Å²) in [5.41, 5.74) is 0.300. The van der Waals surface area contributed by atoms with Crippen LogP contribution >= 0.6 is 15.9 Å². The van der Waals surface area contributed by atoms with E-state index in [1.54, 1.807) is 0 Å². The Kier molecular flexibility index (Phi) is 3.33. The Morgan fingerprint density at radius 3 is 1.74 bits per heavy atom. The van der Waals surface area contributed by atoms with Crippen LogP contribution in [0.15, 0.2) is 0 Å². The number of hydrogen-bond acceptors (Lipinski definition) is 3. The first-order valence-corrected chi connectivity index (χ1v) is 8.51. The zero-order chi connectivity index (χ0) is 13.9. The molecule has 0 radical (unpaired) electrons. The molecular weight excluding hydrogens is 308 g/mol. The number of halogens is 1. The van der Waals surface area contributed by atoms with E-state index < -0.39 is 0 Å². The zero-order valence-electron chi connectivity index (χ0n) is 12.4. The fourth-order valence-corrected chi connectivity index (χ4v) is 3.97. The average Bonchev–Trinajstić information content (AvgIpc) is 3.24. The summed E-state index contributed by atoms with van der Waals surface area (Å²) in [5.74, 6) is 0. The molecule has 3 fully saturated rings. The van der Waals surface area contributed by atoms with Gasteiger partial charge in [-0.2, -0.15) is 0 Å². The second-order valence-corrected chi connectivity index (χ2v) is 7.93. The van der Waals surface area contributed by atoms with Crippen LogP contribution in [0.1, 0.15) is 53.4 Å². The van der Waals surface area contributed by atoms with Crippen molar-refractivity contribution in [2.24, 2.45) is 0 Å². The summed E-state index contributed by atoms with van der Waals surface area (Å²) < 4.78 is 17.3. The first-order chi connectivity index (χ1) is 8.79. The third kappa shape index (κ3) is 2.87. The van der Waals surface area contributed by atoms with Gasteiger partial charge in [0.05, 0.1) is 35.1 Å². The molecule has 0 unspecified atom stereocenters. The van der Waals surface area contributed by atoms with Crippen molar-refractivity contribution in [1.29, 1.82) is 0 Å². The molecule has 0 saturated carbocycles. The van der Waals surface area contributed by atoms with Crippen LogP contribution in [-0.4, -0.2) is 40.4 Å². The zero-order valence-corrected chi connectivity index (χ0v) is 14.0. The maximum atomic E-state index is 5.92. The highest BCUT2D eigenvalue weighted by Gasteiger charge is 2.57. The summed E-state index contributed by atoms with van der Waals surface area (Å²) in [6.07, 6.45) is 5.73. The molecule has 0 spiro atoms. The Morgan fingerprint density at radius 1 is 0.789 bits per heavy atom. The van der Waals surface area contributed by atoms with E-state index in [0.717, 1.165) is 31.0 Å². The van der Waals surface area contributed by atoms with Crippen molar-refractivity contribution in [3.63, 3.8) is 0 Å². The van der Waals surface area contributed by atoms with Gasteiger partial charge < -0.3 is 14.2 Å². The van der Waals surface area contributed by atoms with Gasteiger partial charge in [0, 0.05) is 5.33 Å². The van der Waals surface area contributed by atoms with Crippen LogP contribution in [0.4, 0.5) is 0 Å². The minimum Gasteiger partial charge on any atom is -0.367 e. The first-order valence-electron chi connectivity index (χ1n) is 7.38. The van der Waals surface area contributed by atoms with E-state index in [1.165, 1.54) is 0 Å². The second kappa shape index (κ2) is 4.43. The molecule has 0 bridgehead atoms. The van der Waals surface area contributed by atoms with E-state index in [0.29, 0.717) is 18.3 Å². The van der Waals surface area contributed by atoms with Crippen molar-refractivity contribution in [2.75, 3.05) is 5.33 Å². The van der Waals surface area contributed by atoms with Gasteiger partial charge in [0.15, 0.2) is 0 Å². The van der Waals surface area contributed by atoms with E-state index in [1.807, 2.05) is 0 Å². The molecule has 19 heavy (non-hydrogen) atoms. The van der Waals surface area contributed by atoms with Gasteiger partial charge in [-0.1, -0.05) is 15.9 Å². The molecule has 0 aromatic carbocycles. The molecule has 0 aromatic rings. The summed E-state index contributed by atoms with van der Waals surface area (Å²) in [6.45, 7) is 8.78. The number of ether oxygens (including phenoxy) is 3. The first kappa shape index (κ1) is 14.3. The lowest BCUT2D eigenvalue weighted by atomic mass is 9.92. The Hall–Kier alpha value is 0.360. The smallest absolute Gasteiger partial charge is 0.0967 e. The summed E-state index contributed by atoms with van der Waals surface area (Å²) >= 11 is 3.49. The molecule has 3 heterocycles. The predicted molar refractivity (Wildman–Crippen MR) is 77.8 cm³/mol. The molecule has 0 amide bonds. The van der Waals surface area contributed by atoms with Crippen molar-refractivity contribution in [2.45, 2.75) is 88.5 Å². The van der Waals surface area contributed by atoms with E-state index in [9.17, 15) is 0 Å². The minimum atomic E-state index is 0.0944. The lowest BCUT2D eigenvalue weighted by Crippen LogP contribution is -2.16. The summed E-state index contributed by atoms with van der Waals surface area (Å²) in [5, 5.41) is 0.945. The minimum absolute atomic E-state index is 0.0944. The molecule has 110 valence electrons. The third-order valence-corrected chi connectivity index (χ3v) is 5.77. The van der Waals surface area contributed by atoms with Gasteiger partial charge in [-0.25, -0.2) is 0 Å². The van der Waals surface area contributed by atoms with Gasteiger partial charge in [0.1, 0.15) is 0 Å². The van der Waals surface area contributed by atoms with Crippen LogP contribution in [0.2, 0.25) is 0 Å². The molecule has 3 nitrogen and oxygen atoms in total. The van der Waals surface area contributed by atoms with Crippen molar-refractivity contribution in [3.05, 3.63) is 0 Å². The van der Waals surface area contributed by atoms with Crippen LogP contribution in [0.3, 0.4) is 0 Å². The van der Waals surface area contributed by atoms with Crippen LogP contribution < -0.4 is 0 Å². The highest BCUT2D eigenvalue weighted by atomic mass is 79.9. The maximum Gasteiger partial charge on any atom is 0.0967 e. The van der Waals surface area contributed by atoms with Gasteiger partial charge >= 0.3 is 0 Å². The molecule has 0 aromatic heterocycles. The van der Waals surface area contributed by atoms with Crippen molar-refractivity contribution in [3.8, 4) is 0 Å².